The van der Waals surface area contributed by atoms with E-state index in [-0.39, 0.29) is 5.91 Å². The molecule has 1 rings (SSSR count). The van der Waals surface area contributed by atoms with E-state index in [1.165, 1.54) is 0 Å². The first kappa shape index (κ1) is 14.7. The van der Waals surface area contributed by atoms with Crippen molar-refractivity contribution < 1.29 is 4.79 Å². The third-order valence-electron chi connectivity index (χ3n) is 3.22. The molecule has 17 heavy (non-hydrogen) atoms. The molecule has 0 aliphatic carbocycles. The lowest BCUT2D eigenvalue weighted by atomic mass is 10.1. The van der Waals surface area contributed by atoms with Gasteiger partial charge in [-0.05, 0) is 45.4 Å². The van der Waals surface area contributed by atoms with E-state index >= 15 is 0 Å². The number of hydrogen-bond acceptors (Lipinski definition) is 3. The molecule has 0 bridgehead atoms. The normalized spacial score (nSPS) is 20.6. The van der Waals surface area contributed by atoms with E-state index in [1.54, 1.807) is 0 Å². The standard InChI is InChI=1S/C12H24ClN3O/c1-15(5-2-4-14)6-3-7-16-10-11(9-13)8-12(16)17/h11H,2-10,14H2,1H3. The monoisotopic (exact) mass is 261 g/mol. The molecule has 100 valence electrons. The van der Waals surface area contributed by atoms with E-state index in [9.17, 15) is 4.79 Å². The van der Waals surface area contributed by atoms with Crippen LogP contribution in [0, 0.1) is 5.92 Å². The highest BCUT2D eigenvalue weighted by molar-refractivity contribution is 6.18. The minimum Gasteiger partial charge on any atom is -0.342 e. The number of rotatable bonds is 8. The number of nitrogens with zero attached hydrogens (tertiary/aromatic N) is 2. The molecule has 1 unspecified atom stereocenters. The summed E-state index contributed by atoms with van der Waals surface area (Å²) in [7, 11) is 2.10. The fourth-order valence-electron chi connectivity index (χ4n) is 2.18. The van der Waals surface area contributed by atoms with Crippen molar-refractivity contribution in [3.8, 4) is 0 Å². The number of carbonyl (C=O) groups is 1. The first-order chi connectivity index (χ1) is 8.17. The van der Waals surface area contributed by atoms with E-state index in [0.29, 0.717) is 18.2 Å². The molecule has 1 fully saturated rings. The maximum atomic E-state index is 11.6. The summed E-state index contributed by atoms with van der Waals surface area (Å²) in [6.45, 7) is 4.50. The fourth-order valence-corrected chi connectivity index (χ4v) is 2.38. The van der Waals surface area contributed by atoms with Gasteiger partial charge in [0, 0.05) is 25.4 Å². The first-order valence-electron chi connectivity index (χ1n) is 6.39. The van der Waals surface area contributed by atoms with Crippen LogP contribution in [0.5, 0.6) is 0 Å². The molecule has 0 aromatic carbocycles. The second-order valence-corrected chi connectivity index (χ2v) is 5.17. The number of likely N-dealkylation sites (tertiary alicyclic amines) is 1. The maximum absolute atomic E-state index is 11.6. The van der Waals surface area contributed by atoms with Gasteiger partial charge >= 0.3 is 0 Å². The summed E-state index contributed by atoms with van der Waals surface area (Å²) in [6, 6.07) is 0. The number of alkyl halides is 1. The summed E-state index contributed by atoms with van der Waals surface area (Å²) in [5.41, 5.74) is 5.46. The van der Waals surface area contributed by atoms with Gasteiger partial charge in [-0.1, -0.05) is 0 Å². The molecule has 1 aliphatic rings. The Labute approximate surface area is 109 Å². The predicted octanol–water partition coefficient (Wildman–Crippen LogP) is 0.744. The molecule has 1 heterocycles. The number of halogens is 1. The van der Waals surface area contributed by atoms with Gasteiger partial charge in [-0.25, -0.2) is 0 Å². The summed E-state index contributed by atoms with van der Waals surface area (Å²) >= 11 is 5.78. The SMILES string of the molecule is CN(CCCN)CCCN1CC(CCl)CC1=O. The van der Waals surface area contributed by atoms with Crippen LogP contribution in [0.2, 0.25) is 0 Å². The number of hydrogen-bond donors (Lipinski definition) is 1. The zero-order valence-corrected chi connectivity index (χ0v) is 11.5. The van der Waals surface area contributed by atoms with Crippen LogP contribution in [0.15, 0.2) is 0 Å². The molecule has 0 aromatic rings. The van der Waals surface area contributed by atoms with Gasteiger partial charge in [0.15, 0.2) is 0 Å². The Hall–Kier alpha value is -0.320. The molecule has 1 atom stereocenters. The maximum Gasteiger partial charge on any atom is 0.222 e. The van der Waals surface area contributed by atoms with Crippen molar-refractivity contribution in [2.75, 3.05) is 45.7 Å². The molecule has 4 nitrogen and oxygen atoms in total. The van der Waals surface area contributed by atoms with Crippen LogP contribution < -0.4 is 5.73 Å². The third-order valence-corrected chi connectivity index (χ3v) is 3.66. The Morgan fingerprint density at radius 2 is 2.18 bits per heavy atom. The fraction of sp³-hybridized carbons (Fsp3) is 0.917. The van der Waals surface area contributed by atoms with Crippen molar-refractivity contribution in [2.24, 2.45) is 11.7 Å². The third kappa shape index (κ3) is 5.23. The Morgan fingerprint density at radius 1 is 1.47 bits per heavy atom. The van der Waals surface area contributed by atoms with Crippen molar-refractivity contribution in [3.05, 3.63) is 0 Å². The smallest absolute Gasteiger partial charge is 0.222 e. The number of amides is 1. The lowest BCUT2D eigenvalue weighted by Gasteiger charge is -2.20. The van der Waals surface area contributed by atoms with E-state index in [1.807, 2.05) is 4.90 Å². The van der Waals surface area contributed by atoms with E-state index in [2.05, 4.69) is 11.9 Å². The van der Waals surface area contributed by atoms with Gasteiger partial charge in [0.25, 0.3) is 0 Å². The lowest BCUT2D eigenvalue weighted by molar-refractivity contribution is -0.127. The summed E-state index contributed by atoms with van der Waals surface area (Å²) in [5.74, 6) is 1.22. The molecule has 1 amide bonds. The van der Waals surface area contributed by atoms with Gasteiger partial charge in [-0.2, -0.15) is 0 Å². The minimum absolute atomic E-state index is 0.264. The molecule has 0 spiro atoms. The Kier molecular flexibility index (Phi) is 6.85. The van der Waals surface area contributed by atoms with Crippen molar-refractivity contribution >= 4 is 17.5 Å². The molecule has 2 N–H and O–H groups in total. The lowest BCUT2D eigenvalue weighted by Crippen LogP contribution is -2.30. The largest absolute Gasteiger partial charge is 0.342 e. The van der Waals surface area contributed by atoms with Crippen LogP contribution >= 0.6 is 11.6 Å². The van der Waals surface area contributed by atoms with Gasteiger partial charge in [0.05, 0.1) is 0 Å². The van der Waals surface area contributed by atoms with Crippen LogP contribution in [-0.2, 0) is 4.79 Å². The number of nitrogens with two attached hydrogens (primary N) is 1. The minimum atomic E-state index is 0.264. The Balaban J connectivity index is 2.12. The molecular weight excluding hydrogens is 238 g/mol. The van der Waals surface area contributed by atoms with Gasteiger partial charge in [0.2, 0.25) is 5.91 Å². The van der Waals surface area contributed by atoms with Crippen molar-refractivity contribution in [1.82, 2.24) is 9.80 Å². The zero-order chi connectivity index (χ0) is 12.7. The highest BCUT2D eigenvalue weighted by Gasteiger charge is 2.28. The van der Waals surface area contributed by atoms with E-state index in [0.717, 1.165) is 45.6 Å². The average Bonchev–Trinajstić information content (AvgIpc) is 2.68. The van der Waals surface area contributed by atoms with E-state index < -0.39 is 0 Å². The Bertz CT molecular complexity index is 238. The van der Waals surface area contributed by atoms with Gasteiger partial charge < -0.3 is 15.5 Å². The molecule has 0 saturated carbocycles. The van der Waals surface area contributed by atoms with Crippen LogP contribution in [-0.4, -0.2) is 61.4 Å². The molecule has 1 saturated heterocycles. The molecule has 1 aliphatic heterocycles. The zero-order valence-electron chi connectivity index (χ0n) is 10.7. The molecule has 0 radical (unpaired) electrons. The topological polar surface area (TPSA) is 49.6 Å². The number of carbonyl (C=O) groups excluding carboxylic acids is 1. The summed E-state index contributed by atoms with van der Waals surface area (Å²) in [6.07, 6.45) is 2.70. The summed E-state index contributed by atoms with van der Waals surface area (Å²) in [4.78, 5) is 15.8. The van der Waals surface area contributed by atoms with Crippen LogP contribution in [0.1, 0.15) is 19.3 Å². The quantitative estimate of drug-likeness (QED) is 0.656. The predicted molar refractivity (Wildman–Crippen MR) is 71.2 cm³/mol. The highest BCUT2D eigenvalue weighted by atomic mass is 35.5. The van der Waals surface area contributed by atoms with Crippen molar-refractivity contribution in [1.29, 1.82) is 0 Å². The molecule has 5 heteroatoms. The van der Waals surface area contributed by atoms with Gasteiger partial charge in [-0.15, -0.1) is 11.6 Å². The second kappa shape index (κ2) is 7.90. The summed E-state index contributed by atoms with van der Waals surface area (Å²) in [5, 5.41) is 0. The highest BCUT2D eigenvalue weighted by Crippen LogP contribution is 2.18. The van der Waals surface area contributed by atoms with Crippen LogP contribution in [0.25, 0.3) is 0 Å². The van der Waals surface area contributed by atoms with Crippen LogP contribution in [0.4, 0.5) is 0 Å². The van der Waals surface area contributed by atoms with Crippen LogP contribution in [0.3, 0.4) is 0 Å². The van der Waals surface area contributed by atoms with Crippen molar-refractivity contribution in [2.45, 2.75) is 19.3 Å². The average molecular weight is 262 g/mol. The summed E-state index contributed by atoms with van der Waals surface area (Å²) < 4.78 is 0. The first-order valence-corrected chi connectivity index (χ1v) is 6.93. The Morgan fingerprint density at radius 3 is 2.76 bits per heavy atom. The van der Waals surface area contributed by atoms with Crippen molar-refractivity contribution in [3.63, 3.8) is 0 Å². The molecular formula is C12H24ClN3O. The second-order valence-electron chi connectivity index (χ2n) is 4.86. The molecule has 0 aromatic heterocycles. The van der Waals surface area contributed by atoms with Gasteiger partial charge in [-0.3, -0.25) is 4.79 Å². The van der Waals surface area contributed by atoms with E-state index in [4.69, 9.17) is 17.3 Å². The van der Waals surface area contributed by atoms with Gasteiger partial charge in [0.1, 0.15) is 0 Å².